The summed E-state index contributed by atoms with van der Waals surface area (Å²) >= 11 is 1.57. The number of nitrogens with zero attached hydrogens (tertiary/aromatic N) is 1. The van der Waals surface area contributed by atoms with Gasteiger partial charge in [0.2, 0.25) is 10.0 Å². The summed E-state index contributed by atoms with van der Waals surface area (Å²) in [6.07, 6.45) is 2.87. The zero-order valence-electron chi connectivity index (χ0n) is 12.7. The van der Waals surface area contributed by atoms with Crippen LogP contribution in [0.3, 0.4) is 0 Å². The molecule has 0 aliphatic carbocycles. The highest BCUT2D eigenvalue weighted by Gasteiger charge is 2.24. The zero-order chi connectivity index (χ0) is 15.9. The summed E-state index contributed by atoms with van der Waals surface area (Å²) < 4.78 is 39.9. The van der Waals surface area contributed by atoms with Crippen LogP contribution in [-0.2, 0) is 16.6 Å². The first-order chi connectivity index (χ1) is 9.93. The predicted molar refractivity (Wildman–Crippen MR) is 86.6 cm³/mol. The minimum atomic E-state index is -3.66. The van der Waals surface area contributed by atoms with Gasteiger partial charge in [0.1, 0.15) is 5.82 Å². The highest BCUT2D eigenvalue weighted by Crippen LogP contribution is 2.21. The molecule has 0 unspecified atom stereocenters. The van der Waals surface area contributed by atoms with Crippen LogP contribution in [0.1, 0.15) is 18.9 Å². The average Bonchev–Trinajstić information content (AvgIpc) is 2.46. The molecule has 120 valence electrons. The highest BCUT2D eigenvalue weighted by atomic mass is 32.2. The van der Waals surface area contributed by atoms with E-state index >= 15 is 0 Å². The summed E-state index contributed by atoms with van der Waals surface area (Å²) in [6, 6.07) is 3.94. The number of hydrogen-bond donors (Lipinski definition) is 1. The van der Waals surface area contributed by atoms with Crippen LogP contribution < -0.4 is 5.32 Å². The van der Waals surface area contributed by atoms with Crippen LogP contribution in [0.25, 0.3) is 0 Å². The lowest BCUT2D eigenvalue weighted by Gasteiger charge is -2.19. The molecular formula is C14H23FN2O2S2. The van der Waals surface area contributed by atoms with Crippen LogP contribution >= 0.6 is 11.8 Å². The molecule has 1 aromatic carbocycles. The van der Waals surface area contributed by atoms with E-state index in [0.29, 0.717) is 24.4 Å². The van der Waals surface area contributed by atoms with Gasteiger partial charge in [-0.15, -0.1) is 0 Å². The van der Waals surface area contributed by atoms with E-state index in [2.05, 4.69) is 5.32 Å². The minimum absolute atomic E-state index is 0.0507. The molecule has 0 fully saturated rings. The van der Waals surface area contributed by atoms with Crippen LogP contribution in [0.2, 0.25) is 0 Å². The third-order valence-corrected chi connectivity index (χ3v) is 5.60. The standard InChI is InChI=1S/C14H23FN2O2S2/c1-4-7-16-11-12-5-6-13(15)10-14(12)21(18,19)17(2)8-9-20-3/h5-6,10,16H,4,7-9,11H2,1-3H3. The Balaban J connectivity index is 3.05. The first kappa shape index (κ1) is 18.4. The SMILES string of the molecule is CCCNCc1ccc(F)cc1S(=O)(=O)N(C)CCSC. The zero-order valence-corrected chi connectivity index (χ0v) is 14.4. The minimum Gasteiger partial charge on any atom is -0.313 e. The first-order valence-electron chi connectivity index (χ1n) is 6.88. The van der Waals surface area contributed by atoms with Crippen molar-refractivity contribution in [2.24, 2.45) is 0 Å². The van der Waals surface area contributed by atoms with E-state index in [1.165, 1.54) is 23.5 Å². The summed E-state index contributed by atoms with van der Waals surface area (Å²) in [5.41, 5.74) is 0.598. The molecule has 1 aromatic rings. The fourth-order valence-electron chi connectivity index (χ4n) is 1.82. The summed E-state index contributed by atoms with van der Waals surface area (Å²) in [6.45, 7) is 3.64. The second-order valence-electron chi connectivity index (χ2n) is 4.75. The molecule has 0 spiro atoms. The summed E-state index contributed by atoms with van der Waals surface area (Å²) in [5, 5.41) is 3.16. The lowest BCUT2D eigenvalue weighted by atomic mass is 10.2. The maximum absolute atomic E-state index is 13.5. The second-order valence-corrected chi connectivity index (χ2v) is 7.75. The van der Waals surface area contributed by atoms with Crippen LogP contribution in [0.15, 0.2) is 23.1 Å². The quantitative estimate of drug-likeness (QED) is 0.704. The molecule has 0 radical (unpaired) electrons. The van der Waals surface area contributed by atoms with Gasteiger partial charge in [-0.1, -0.05) is 13.0 Å². The van der Waals surface area contributed by atoms with Crippen molar-refractivity contribution in [1.29, 1.82) is 0 Å². The molecule has 0 aliphatic rings. The van der Waals surface area contributed by atoms with Crippen LogP contribution in [-0.4, -0.2) is 44.9 Å². The van der Waals surface area contributed by atoms with Gasteiger partial charge in [-0.2, -0.15) is 11.8 Å². The van der Waals surface area contributed by atoms with Crippen LogP contribution in [0, 0.1) is 5.82 Å². The van der Waals surface area contributed by atoms with Gasteiger partial charge in [-0.25, -0.2) is 17.1 Å². The maximum Gasteiger partial charge on any atom is 0.243 e. The molecule has 0 saturated carbocycles. The number of halogens is 1. The largest absolute Gasteiger partial charge is 0.313 e. The molecule has 0 amide bonds. The van der Waals surface area contributed by atoms with Crippen molar-refractivity contribution in [3.63, 3.8) is 0 Å². The van der Waals surface area contributed by atoms with Crippen molar-refractivity contribution < 1.29 is 12.8 Å². The monoisotopic (exact) mass is 334 g/mol. The van der Waals surface area contributed by atoms with E-state index in [1.807, 2.05) is 13.2 Å². The lowest BCUT2D eigenvalue weighted by Crippen LogP contribution is -2.30. The Morgan fingerprint density at radius 3 is 2.71 bits per heavy atom. The van der Waals surface area contributed by atoms with Gasteiger partial charge < -0.3 is 5.32 Å². The molecule has 0 atom stereocenters. The lowest BCUT2D eigenvalue weighted by molar-refractivity contribution is 0.485. The number of rotatable bonds is 9. The summed E-state index contributed by atoms with van der Waals surface area (Å²) in [4.78, 5) is 0.0507. The second kappa shape index (κ2) is 8.73. The van der Waals surface area contributed by atoms with Crippen LogP contribution in [0.5, 0.6) is 0 Å². The fourth-order valence-corrected chi connectivity index (χ4v) is 3.79. The van der Waals surface area contributed by atoms with E-state index < -0.39 is 15.8 Å². The Bertz CT molecular complexity index is 550. The molecule has 0 saturated heterocycles. The topological polar surface area (TPSA) is 49.4 Å². The highest BCUT2D eigenvalue weighted by molar-refractivity contribution is 7.98. The smallest absolute Gasteiger partial charge is 0.243 e. The first-order valence-corrected chi connectivity index (χ1v) is 9.71. The van der Waals surface area contributed by atoms with Crippen molar-refractivity contribution in [2.45, 2.75) is 24.8 Å². The van der Waals surface area contributed by atoms with Gasteiger partial charge in [0.05, 0.1) is 4.90 Å². The van der Waals surface area contributed by atoms with E-state index in [0.717, 1.165) is 19.0 Å². The van der Waals surface area contributed by atoms with Crippen molar-refractivity contribution >= 4 is 21.8 Å². The number of sulfonamides is 1. The molecule has 1 rings (SSSR count). The van der Waals surface area contributed by atoms with Crippen molar-refractivity contribution in [3.05, 3.63) is 29.6 Å². The number of thioether (sulfide) groups is 1. The van der Waals surface area contributed by atoms with E-state index in [9.17, 15) is 12.8 Å². The van der Waals surface area contributed by atoms with Gasteiger partial charge >= 0.3 is 0 Å². The molecule has 0 aliphatic heterocycles. The van der Waals surface area contributed by atoms with Crippen molar-refractivity contribution in [1.82, 2.24) is 9.62 Å². The number of hydrogen-bond acceptors (Lipinski definition) is 4. The summed E-state index contributed by atoms with van der Waals surface area (Å²) in [5.74, 6) is 0.167. The van der Waals surface area contributed by atoms with Gasteiger partial charge in [-0.05, 0) is 36.9 Å². The van der Waals surface area contributed by atoms with Crippen molar-refractivity contribution in [2.75, 3.05) is 32.1 Å². The maximum atomic E-state index is 13.5. The average molecular weight is 334 g/mol. The molecule has 1 N–H and O–H groups in total. The fraction of sp³-hybridized carbons (Fsp3) is 0.571. The van der Waals surface area contributed by atoms with Crippen LogP contribution in [0.4, 0.5) is 4.39 Å². The van der Waals surface area contributed by atoms with E-state index in [1.54, 1.807) is 11.8 Å². The summed E-state index contributed by atoms with van der Waals surface area (Å²) in [7, 11) is -2.13. The molecule has 7 heteroatoms. The Kier molecular flexibility index (Phi) is 7.65. The molecule has 0 aromatic heterocycles. The molecular weight excluding hydrogens is 311 g/mol. The Morgan fingerprint density at radius 2 is 2.10 bits per heavy atom. The molecule has 0 heterocycles. The van der Waals surface area contributed by atoms with Gasteiger partial charge in [0.25, 0.3) is 0 Å². The van der Waals surface area contributed by atoms with Gasteiger partial charge in [0.15, 0.2) is 0 Å². The van der Waals surface area contributed by atoms with E-state index in [-0.39, 0.29) is 4.90 Å². The third kappa shape index (κ3) is 5.25. The van der Waals surface area contributed by atoms with Gasteiger partial charge in [0, 0.05) is 25.9 Å². The number of nitrogens with one attached hydrogen (secondary N) is 1. The predicted octanol–water partition coefficient (Wildman–Crippen LogP) is 2.31. The Morgan fingerprint density at radius 1 is 1.38 bits per heavy atom. The normalized spacial score (nSPS) is 12.0. The van der Waals surface area contributed by atoms with Crippen molar-refractivity contribution in [3.8, 4) is 0 Å². The van der Waals surface area contributed by atoms with Gasteiger partial charge in [-0.3, -0.25) is 0 Å². The third-order valence-electron chi connectivity index (χ3n) is 3.07. The molecule has 4 nitrogen and oxygen atoms in total. The molecule has 0 bridgehead atoms. The Labute approximate surface area is 131 Å². The van der Waals surface area contributed by atoms with E-state index in [4.69, 9.17) is 0 Å². The number of benzene rings is 1. The molecule has 21 heavy (non-hydrogen) atoms. The Hall–Kier alpha value is -0.630.